The molecule has 0 aromatic heterocycles. The Morgan fingerprint density at radius 3 is 2.65 bits per heavy atom. The van der Waals surface area contributed by atoms with Gasteiger partial charge in [0, 0.05) is 19.2 Å². The number of hydrogen-bond acceptors (Lipinski definition) is 4. The molecule has 0 radical (unpaired) electrons. The molecule has 1 aromatic rings. The van der Waals surface area contributed by atoms with Crippen LogP contribution in [0.3, 0.4) is 0 Å². The Labute approximate surface area is 121 Å². The third-order valence-electron chi connectivity index (χ3n) is 3.07. The predicted octanol–water partition coefficient (Wildman–Crippen LogP) is 1.67. The van der Waals surface area contributed by atoms with Gasteiger partial charge in [0.15, 0.2) is 0 Å². The zero-order chi connectivity index (χ0) is 15.0. The molecular formula is C14H24N2O3S. The van der Waals surface area contributed by atoms with Gasteiger partial charge in [-0.3, -0.25) is 0 Å². The van der Waals surface area contributed by atoms with E-state index in [2.05, 4.69) is 17.0 Å². The highest BCUT2D eigenvalue weighted by molar-refractivity contribution is 7.89. The molecule has 0 fully saturated rings. The minimum atomic E-state index is -3.47. The molecule has 5 nitrogen and oxygen atoms in total. The van der Waals surface area contributed by atoms with Gasteiger partial charge >= 0.3 is 0 Å². The lowest BCUT2D eigenvalue weighted by Crippen LogP contribution is -2.27. The van der Waals surface area contributed by atoms with Crippen LogP contribution in [0.25, 0.3) is 0 Å². The summed E-state index contributed by atoms with van der Waals surface area (Å²) in [6.45, 7) is 5.17. The zero-order valence-electron chi connectivity index (χ0n) is 12.3. The van der Waals surface area contributed by atoms with Crippen LogP contribution in [0.4, 0.5) is 0 Å². The van der Waals surface area contributed by atoms with Gasteiger partial charge in [0.2, 0.25) is 10.0 Å². The largest absolute Gasteiger partial charge is 0.380 e. The van der Waals surface area contributed by atoms with Crippen molar-refractivity contribution in [3.8, 4) is 0 Å². The maximum atomic E-state index is 12.2. The van der Waals surface area contributed by atoms with Crippen molar-refractivity contribution in [3.63, 3.8) is 0 Å². The van der Waals surface area contributed by atoms with Gasteiger partial charge in [-0.1, -0.05) is 19.1 Å². The topological polar surface area (TPSA) is 67.4 Å². The number of hydrogen-bond donors (Lipinski definition) is 2. The highest BCUT2D eigenvalue weighted by Crippen LogP contribution is 2.19. The quantitative estimate of drug-likeness (QED) is 0.681. The SMILES string of the molecule is CCOCCNS(=O)(=O)c1cccc(C(CC)NC)c1. The predicted molar refractivity (Wildman–Crippen MR) is 80.2 cm³/mol. The monoisotopic (exact) mass is 300 g/mol. The van der Waals surface area contributed by atoms with Crippen LogP contribution in [0.1, 0.15) is 31.9 Å². The third-order valence-corrected chi connectivity index (χ3v) is 4.53. The first-order valence-electron chi connectivity index (χ1n) is 6.89. The van der Waals surface area contributed by atoms with E-state index in [1.807, 2.05) is 20.0 Å². The average Bonchev–Trinajstić information content (AvgIpc) is 2.45. The number of benzene rings is 1. The summed E-state index contributed by atoms with van der Waals surface area (Å²) in [5, 5.41) is 3.17. The first-order chi connectivity index (χ1) is 9.55. The molecule has 6 heteroatoms. The van der Waals surface area contributed by atoms with E-state index in [4.69, 9.17) is 4.74 Å². The normalized spacial score (nSPS) is 13.3. The Morgan fingerprint density at radius 1 is 1.30 bits per heavy atom. The summed E-state index contributed by atoms with van der Waals surface area (Å²) in [5.41, 5.74) is 0.975. The highest BCUT2D eigenvalue weighted by atomic mass is 32.2. The molecule has 1 unspecified atom stereocenters. The van der Waals surface area contributed by atoms with Gasteiger partial charge in [-0.25, -0.2) is 13.1 Å². The third kappa shape index (κ3) is 4.86. The molecule has 1 aromatic carbocycles. The maximum absolute atomic E-state index is 12.2. The average molecular weight is 300 g/mol. The van der Waals surface area contributed by atoms with Gasteiger partial charge < -0.3 is 10.1 Å². The van der Waals surface area contributed by atoms with Gasteiger partial charge in [-0.2, -0.15) is 0 Å². The van der Waals surface area contributed by atoms with Crippen molar-refractivity contribution < 1.29 is 13.2 Å². The molecular weight excluding hydrogens is 276 g/mol. The van der Waals surface area contributed by atoms with Crippen molar-refractivity contribution in [2.75, 3.05) is 26.8 Å². The van der Waals surface area contributed by atoms with Gasteiger partial charge in [-0.05, 0) is 38.1 Å². The fraction of sp³-hybridized carbons (Fsp3) is 0.571. The number of sulfonamides is 1. The molecule has 0 amide bonds. The number of nitrogens with one attached hydrogen (secondary N) is 2. The molecule has 0 bridgehead atoms. The summed E-state index contributed by atoms with van der Waals surface area (Å²) < 4.78 is 32.0. The molecule has 0 aliphatic heterocycles. The van der Waals surface area contributed by atoms with Crippen LogP contribution in [0.5, 0.6) is 0 Å². The van der Waals surface area contributed by atoms with Crippen molar-refractivity contribution in [2.45, 2.75) is 31.2 Å². The number of rotatable bonds is 9. The van der Waals surface area contributed by atoms with E-state index in [0.29, 0.717) is 18.1 Å². The zero-order valence-corrected chi connectivity index (χ0v) is 13.2. The highest BCUT2D eigenvalue weighted by Gasteiger charge is 2.15. The summed E-state index contributed by atoms with van der Waals surface area (Å²) in [6.07, 6.45) is 0.901. The van der Waals surface area contributed by atoms with Crippen molar-refractivity contribution in [1.29, 1.82) is 0 Å². The van der Waals surface area contributed by atoms with E-state index < -0.39 is 10.0 Å². The smallest absolute Gasteiger partial charge is 0.240 e. The Bertz CT molecular complexity index is 499. The first kappa shape index (κ1) is 17.1. The fourth-order valence-corrected chi connectivity index (χ4v) is 3.05. The van der Waals surface area contributed by atoms with Crippen LogP contribution < -0.4 is 10.0 Å². The van der Waals surface area contributed by atoms with Gasteiger partial charge in [0.25, 0.3) is 0 Å². The summed E-state index contributed by atoms with van der Waals surface area (Å²) in [4.78, 5) is 0.292. The Morgan fingerprint density at radius 2 is 2.05 bits per heavy atom. The van der Waals surface area contributed by atoms with Crippen molar-refractivity contribution in [3.05, 3.63) is 29.8 Å². The maximum Gasteiger partial charge on any atom is 0.240 e. The van der Waals surface area contributed by atoms with Crippen LogP contribution in [0, 0.1) is 0 Å². The van der Waals surface area contributed by atoms with Gasteiger partial charge in [0.05, 0.1) is 11.5 Å². The molecule has 2 N–H and O–H groups in total. The van der Waals surface area contributed by atoms with E-state index in [1.54, 1.807) is 18.2 Å². The van der Waals surface area contributed by atoms with Gasteiger partial charge in [0.1, 0.15) is 0 Å². The van der Waals surface area contributed by atoms with Gasteiger partial charge in [-0.15, -0.1) is 0 Å². The second kappa shape index (κ2) is 8.36. The standard InChI is InChI=1S/C14H24N2O3S/c1-4-14(15-3)12-7-6-8-13(11-12)20(17,18)16-9-10-19-5-2/h6-8,11,14-16H,4-5,9-10H2,1-3H3. The van der Waals surface area contributed by atoms with Crippen molar-refractivity contribution >= 4 is 10.0 Å². The van der Waals surface area contributed by atoms with Crippen LogP contribution in [0.15, 0.2) is 29.2 Å². The second-order valence-electron chi connectivity index (χ2n) is 4.42. The lowest BCUT2D eigenvalue weighted by Gasteiger charge is -2.15. The first-order valence-corrected chi connectivity index (χ1v) is 8.38. The Kier molecular flexibility index (Phi) is 7.15. The molecule has 20 heavy (non-hydrogen) atoms. The van der Waals surface area contributed by atoms with Crippen molar-refractivity contribution in [2.24, 2.45) is 0 Å². The summed E-state index contributed by atoms with van der Waals surface area (Å²) in [6, 6.07) is 7.19. The molecule has 1 atom stereocenters. The summed E-state index contributed by atoms with van der Waals surface area (Å²) >= 11 is 0. The number of ether oxygens (including phenoxy) is 1. The Balaban J connectivity index is 2.82. The van der Waals surface area contributed by atoms with E-state index in [0.717, 1.165) is 12.0 Å². The summed E-state index contributed by atoms with van der Waals surface area (Å²) in [5.74, 6) is 0. The lowest BCUT2D eigenvalue weighted by molar-refractivity contribution is 0.153. The van der Waals surface area contributed by atoms with Crippen LogP contribution in [-0.2, 0) is 14.8 Å². The van der Waals surface area contributed by atoms with E-state index >= 15 is 0 Å². The van der Waals surface area contributed by atoms with Crippen LogP contribution in [-0.4, -0.2) is 35.2 Å². The summed E-state index contributed by atoms with van der Waals surface area (Å²) in [7, 11) is -1.60. The van der Waals surface area contributed by atoms with E-state index in [1.165, 1.54) is 0 Å². The molecule has 0 spiro atoms. The van der Waals surface area contributed by atoms with E-state index in [-0.39, 0.29) is 12.6 Å². The minimum Gasteiger partial charge on any atom is -0.380 e. The Hall–Kier alpha value is -0.950. The lowest BCUT2D eigenvalue weighted by atomic mass is 10.1. The molecule has 114 valence electrons. The molecule has 0 heterocycles. The second-order valence-corrected chi connectivity index (χ2v) is 6.18. The minimum absolute atomic E-state index is 0.161. The molecule has 1 rings (SSSR count). The molecule has 0 aliphatic rings. The molecule has 0 aliphatic carbocycles. The van der Waals surface area contributed by atoms with Crippen LogP contribution in [0.2, 0.25) is 0 Å². The van der Waals surface area contributed by atoms with Crippen LogP contribution >= 0.6 is 0 Å². The molecule has 0 saturated heterocycles. The van der Waals surface area contributed by atoms with E-state index in [9.17, 15) is 8.42 Å². The van der Waals surface area contributed by atoms with Crippen molar-refractivity contribution in [1.82, 2.24) is 10.0 Å². The molecule has 0 saturated carbocycles. The fourth-order valence-electron chi connectivity index (χ4n) is 1.98.